The zero-order chi connectivity index (χ0) is 16.4. The van der Waals surface area contributed by atoms with Crippen LogP contribution in [0.4, 0.5) is 5.69 Å². The lowest BCUT2D eigenvalue weighted by molar-refractivity contribution is -0.117. The lowest BCUT2D eigenvalue weighted by Gasteiger charge is -2.07. The van der Waals surface area contributed by atoms with E-state index in [1.54, 1.807) is 0 Å². The molecule has 0 bridgehead atoms. The number of carbonyl (C=O) groups is 2. The van der Waals surface area contributed by atoms with Gasteiger partial charge in [0.15, 0.2) is 0 Å². The monoisotopic (exact) mass is 341 g/mol. The number of phenolic OH excluding ortho intramolecular Hbond substituents is 1. The summed E-state index contributed by atoms with van der Waals surface area (Å²) in [4.78, 5) is 25.0. The molecule has 0 radical (unpaired) electrons. The van der Waals surface area contributed by atoms with Crippen LogP contribution in [-0.4, -0.2) is 35.0 Å². The van der Waals surface area contributed by atoms with Crippen molar-refractivity contribution in [3.05, 3.63) is 34.2 Å². The summed E-state index contributed by atoms with van der Waals surface area (Å²) >= 11 is 0. The molecule has 1 rings (SSSR count). The van der Waals surface area contributed by atoms with E-state index < -0.39 is 5.91 Å². The molecule has 2 amide bonds. The molecule has 0 saturated heterocycles. The molecule has 0 atom stereocenters. The van der Waals surface area contributed by atoms with Gasteiger partial charge in [0, 0.05) is 35.1 Å². The minimum Gasteiger partial charge on any atom is -0.507 e. The highest BCUT2D eigenvalue weighted by Gasteiger charge is 2.10. The molecule has 1 aromatic carbocycles. The Hall–Kier alpha value is -2.03. The fraction of sp³-hybridized carbons (Fsp3) is 0.333. The quantitative estimate of drug-likeness (QED) is 0.208. The summed E-state index contributed by atoms with van der Waals surface area (Å²) in [5.41, 5.74) is 13.7. The number of nitrogens with one attached hydrogen (secondary N) is 1. The molecular weight excluding hydrogens is 326 g/mol. The van der Waals surface area contributed by atoms with Gasteiger partial charge in [-0.1, -0.05) is 32.8 Å². The first-order valence-electron chi connectivity index (χ1n) is 6.23. The topological polar surface area (TPSA) is 141 Å². The number of hydrogen-bond acceptors (Lipinski definition) is 6. The third-order valence-corrected chi connectivity index (χ3v) is 4.78. The zero-order valence-corrected chi connectivity index (χ0v) is 13.2. The first kappa shape index (κ1) is 18.0. The SMILES string of the molecule is [N-]=[N+]=Nc1ccc(C(=O)NCCSSCCC(N)=O)c(O)c1. The smallest absolute Gasteiger partial charge is 0.255 e. The van der Waals surface area contributed by atoms with E-state index in [0.717, 1.165) is 0 Å². The van der Waals surface area contributed by atoms with Gasteiger partial charge in [-0.15, -0.1) is 0 Å². The van der Waals surface area contributed by atoms with Crippen LogP contribution < -0.4 is 11.1 Å². The van der Waals surface area contributed by atoms with E-state index in [1.165, 1.54) is 39.8 Å². The first-order valence-corrected chi connectivity index (χ1v) is 8.72. The van der Waals surface area contributed by atoms with Crippen molar-refractivity contribution in [1.82, 2.24) is 5.32 Å². The second kappa shape index (κ2) is 9.82. The Balaban J connectivity index is 2.33. The number of phenols is 1. The number of hydrogen-bond donors (Lipinski definition) is 3. The van der Waals surface area contributed by atoms with Crippen molar-refractivity contribution in [3.63, 3.8) is 0 Å². The van der Waals surface area contributed by atoms with Crippen LogP contribution in [0.2, 0.25) is 0 Å². The maximum atomic E-state index is 11.9. The lowest BCUT2D eigenvalue weighted by Crippen LogP contribution is -2.25. The third-order valence-electron chi connectivity index (χ3n) is 2.37. The number of rotatable bonds is 9. The molecule has 0 spiro atoms. The fourth-order valence-corrected chi connectivity index (χ4v) is 3.30. The zero-order valence-electron chi connectivity index (χ0n) is 11.6. The van der Waals surface area contributed by atoms with E-state index in [0.29, 0.717) is 24.5 Å². The molecule has 1 aromatic rings. The maximum Gasteiger partial charge on any atom is 0.255 e. The molecule has 0 heterocycles. The Morgan fingerprint density at radius 3 is 2.73 bits per heavy atom. The van der Waals surface area contributed by atoms with Crippen molar-refractivity contribution < 1.29 is 14.7 Å². The highest BCUT2D eigenvalue weighted by atomic mass is 33.1. The highest BCUT2D eigenvalue weighted by molar-refractivity contribution is 8.76. The standard InChI is InChI=1S/C12H15N5O3S2/c13-11(19)3-5-21-22-6-4-15-12(20)9-2-1-8(16-17-14)7-10(9)18/h1-2,7,18H,3-6H2,(H2,13,19)(H,15,20). The third kappa shape index (κ3) is 6.61. The number of nitrogens with two attached hydrogens (primary N) is 1. The van der Waals surface area contributed by atoms with Gasteiger partial charge in [-0.3, -0.25) is 9.59 Å². The molecule has 10 heteroatoms. The molecular formula is C12H15N5O3S2. The van der Waals surface area contributed by atoms with E-state index in [-0.39, 0.29) is 22.9 Å². The summed E-state index contributed by atoms with van der Waals surface area (Å²) in [6, 6.07) is 4.06. The van der Waals surface area contributed by atoms with E-state index >= 15 is 0 Å². The van der Waals surface area contributed by atoms with E-state index in [4.69, 9.17) is 11.3 Å². The van der Waals surface area contributed by atoms with Gasteiger partial charge in [-0.2, -0.15) is 0 Å². The molecule has 4 N–H and O–H groups in total. The molecule has 8 nitrogen and oxygen atoms in total. The average molecular weight is 341 g/mol. The number of primary amides is 1. The Labute approximate surface area is 134 Å². The van der Waals surface area contributed by atoms with Crippen molar-refractivity contribution in [1.29, 1.82) is 0 Å². The molecule has 0 fully saturated rings. The normalized spacial score (nSPS) is 9.82. The van der Waals surface area contributed by atoms with Crippen LogP contribution in [0, 0.1) is 0 Å². The minimum atomic E-state index is -0.410. The summed E-state index contributed by atoms with van der Waals surface area (Å²) in [6.07, 6.45) is 0.329. The van der Waals surface area contributed by atoms with E-state index in [9.17, 15) is 14.7 Å². The summed E-state index contributed by atoms with van der Waals surface area (Å²) in [5.74, 6) is 0.308. The van der Waals surface area contributed by atoms with Crippen LogP contribution in [0.25, 0.3) is 10.4 Å². The predicted molar refractivity (Wildman–Crippen MR) is 88.0 cm³/mol. The lowest BCUT2D eigenvalue weighted by atomic mass is 10.1. The fourth-order valence-electron chi connectivity index (χ4n) is 1.39. The Morgan fingerprint density at radius 2 is 2.09 bits per heavy atom. The Bertz CT molecular complexity index is 590. The Morgan fingerprint density at radius 1 is 1.36 bits per heavy atom. The average Bonchev–Trinajstić information content (AvgIpc) is 2.46. The number of amides is 2. The van der Waals surface area contributed by atoms with Gasteiger partial charge >= 0.3 is 0 Å². The van der Waals surface area contributed by atoms with Gasteiger partial charge in [0.1, 0.15) is 5.75 Å². The van der Waals surface area contributed by atoms with Gasteiger partial charge < -0.3 is 16.2 Å². The molecule has 118 valence electrons. The molecule has 22 heavy (non-hydrogen) atoms. The maximum absolute atomic E-state index is 11.9. The minimum absolute atomic E-state index is 0.114. The van der Waals surface area contributed by atoms with Crippen LogP contribution >= 0.6 is 21.6 Å². The molecule has 0 aliphatic rings. The van der Waals surface area contributed by atoms with Crippen LogP contribution in [0.15, 0.2) is 23.3 Å². The number of benzene rings is 1. The van der Waals surface area contributed by atoms with Gasteiger partial charge in [0.25, 0.3) is 5.91 Å². The van der Waals surface area contributed by atoms with Gasteiger partial charge in [0.05, 0.1) is 5.56 Å². The van der Waals surface area contributed by atoms with Gasteiger partial charge in [0.2, 0.25) is 5.91 Å². The predicted octanol–water partition coefficient (Wildman–Crippen LogP) is 2.32. The van der Waals surface area contributed by atoms with Crippen LogP contribution in [0.5, 0.6) is 5.75 Å². The van der Waals surface area contributed by atoms with Crippen molar-refractivity contribution in [3.8, 4) is 5.75 Å². The van der Waals surface area contributed by atoms with Crippen molar-refractivity contribution in [2.24, 2.45) is 10.8 Å². The summed E-state index contributed by atoms with van der Waals surface area (Å²) in [7, 11) is 3.03. The van der Waals surface area contributed by atoms with Crippen LogP contribution in [0.1, 0.15) is 16.8 Å². The van der Waals surface area contributed by atoms with Gasteiger partial charge in [-0.25, -0.2) is 0 Å². The van der Waals surface area contributed by atoms with Crippen molar-refractivity contribution in [2.45, 2.75) is 6.42 Å². The molecule has 0 unspecified atom stereocenters. The summed E-state index contributed by atoms with van der Waals surface area (Å²) in [6.45, 7) is 0.421. The number of carbonyl (C=O) groups excluding carboxylic acids is 2. The number of aromatic hydroxyl groups is 1. The van der Waals surface area contributed by atoms with Crippen LogP contribution in [-0.2, 0) is 4.79 Å². The summed E-state index contributed by atoms with van der Waals surface area (Å²) < 4.78 is 0. The molecule has 0 aliphatic carbocycles. The number of azide groups is 1. The molecule has 0 aromatic heterocycles. The van der Waals surface area contributed by atoms with Crippen molar-refractivity contribution >= 4 is 39.1 Å². The van der Waals surface area contributed by atoms with Gasteiger partial charge in [-0.05, 0) is 17.7 Å². The number of nitrogens with zero attached hydrogens (tertiary/aromatic N) is 3. The summed E-state index contributed by atoms with van der Waals surface area (Å²) in [5, 5.41) is 15.7. The largest absolute Gasteiger partial charge is 0.507 e. The van der Waals surface area contributed by atoms with E-state index in [1.807, 2.05) is 0 Å². The first-order chi connectivity index (χ1) is 10.5. The molecule has 0 aliphatic heterocycles. The van der Waals surface area contributed by atoms with Crippen molar-refractivity contribution in [2.75, 3.05) is 18.1 Å². The second-order valence-electron chi connectivity index (χ2n) is 4.01. The molecule has 0 saturated carbocycles. The Kier molecular flexibility index (Phi) is 8.05. The second-order valence-corrected chi connectivity index (χ2v) is 6.71. The van der Waals surface area contributed by atoms with E-state index in [2.05, 4.69) is 15.3 Å². The van der Waals surface area contributed by atoms with Crippen LogP contribution in [0.3, 0.4) is 0 Å². The highest BCUT2D eigenvalue weighted by Crippen LogP contribution is 2.24.